The Bertz CT molecular complexity index is 766. The van der Waals surface area contributed by atoms with E-state index in [9.17, 15) is 14.4 Å². The van der Waals surface area contributed by atoms with E-state index in [2.05, 4.69) is 5.32 Å². The van der Waals surface area contributed by atoms with Crippen molar-refractivity contribution in [2.24, 2.45) is 7.05 Å². The number of hydrogen-bond donors (Lipinski definition) is 1. The highest BCUT2D eigenvalue weighted by Crippen LogP contribution is 2.17. The van der Waals surface area contributed by atoms with Crippen molar-refractivity contribution in [3.05, 3.63) is 48.3 Å². The first kappa shape index (κ1) is 19.0. The summed E-state index contributed by atoms with van der Waals surface area (Å²) in [5.74, 6) is -0.842. The zero-order chi connectivity index (χ0) is 18.9. The van der Waals surface area contributed by atoms with Gasteiger partial charge >= 0.3 is 5.97 Å². The van der Waals surface area contributed by atoms with Gasteiger partial charge in [-0.3, -0.25) is 14.9 Å². The van der Waals surface area contributed by atoms with Crippen molar-refractivity contribution in [3.8, 4) is 11.5 Å². The van der Waals surface area contributed by atoms with Crippen molar-refractivity contribution in [1.29, 1.82) is 0 Å². The van der Waals surface area contributed by atoms with Gasteiger partial charge in [0.2, 0.25) is 0 Å². The van der Waals surface area contributed by atoms with Gasteiger partial charge in [-0.25, -0.2) is 4.79 Å². The maximum absolute atomic E-state index is 11.8. The predicted molar refractivity (Wildman–Crippen MR) is 92.0 cm³/mol. The molecule has 2 amide bonds. The molecule has 2 aromatic rings. The molecule has 0 unspecified atom stereocenters. The lowest BCUT2D eigenvalue weighted by Gasteiger charge is -2.08. The molecular formula is C18H20N2O6. The summed E-state index contributed by atoms with van der Waals surface area (Å²) >= 11 is 0. The Labute approximate surface area is 150 Å². The van der Waals surface area contributed by atoms with Crippen molar-refractivity contribution in [3.63, 3.8) is 0 Å². The Hall–Kier alpha value is -3.29. The fraction of sp³-hybridized carbons (Fsp3) is 0.278. The SMILES string of the molecule is CCOc1ccc(OCC(=O)OCC(=O)NC(=O)c2cccn2C)cc1. The fourth-order valence-electron chi connectivity index (χ4n) is 2.05. The van der Waals surface area contributed by atoms with Gasteiger partial charge < -0.3 is 18.8 Å². The quantitative estimate of drug-likeness (QED) is 0.713. The summed E-state index contributed by atoms with van der Waals surface area (Å²) < 4.78 is 16.9. The second-order valence-corrected chi connectivity index (χ2v) is 5.24. The summed E-state index contributed by atoms with van der Waals surface area (Å²) in [7, 11) is 1.68. The van der Waals surface area contributed by atoms with E-state index in [4.69, 9.17) is 14.2 Å². The maximum Gasteiger partial charge on any atom is 0.344 e. The van der Waals surface area contributed by atoms with Crippen LogP contribution in [-0.2, 0) is 21.4 Å². The van der Waals surface area contributed by atoms with E-state index >= 15 is 0 Å². The number of amides is 2. The van der Waals surface area contributed by atoms with Crippen LogP contribution in [-0.4, -0.2) is 42.2 Å². The molecule has 8 nitrogen and oxygen atoms in total. The Morgan fingerprint density at radius 3 is 2.23 bits per heavy atom. The number of benzene rings is 1. The molecule has 0 spiro atoms. The van der Waals surface area contributed by atoms with E-state index in [1.807, 2.05) is 6.92 Å². The van der Waals surface area contributed by atoms with Gasteiger partial charge in [-0.15, -0.1) is 0 Å². The molecule has 1 N–H and O–H groups in total. The minimum absolute atomic E-state index is 0.323. The number of nitrogens with one attached hydrogen (secondary N) is 1. The number of ether oxygens (including phenoxy) is 3. The van der Waals surface area contributed by atoms with E-state index in [1.54, 1.807) is 54.2 Å². The first-order valence-electron chi connectivity index (χ1n) is 7.96. The van der Waals surface area contributed by atoms with Crippen LogP contribution >= 0.6 is 0 Å². The molecule has 0 fully saturated rings. The van der Waals surface area contributed by atoms with Crippen LogP contribution in [0.2, 0.25) is 0 Å². The van der Waals surface area contributed by atoms with Gasteiger partial charge in [-0.2, -0.15) is 0 Å². The second kappa shape index (κ2) is 9.26. The molecule has 0 atom stereocenters. The summed E-state index contributed by atoms with van der Waals surface area (Å²) in [4.78, 5) is 35.1. The van der Waals surface area contributed by atoms with Gasteiger partial charge in [0.15, 0.2) is 13.2 Å². The zero-order valence-electron chi connectivity index (χ0n) is 14.6. The Morgan fingerprint density at radius 1 is 1.00 bits per heavy atom. The number of rotatable bonds is 8. The third-order valence-electron chi connectivity index (χ3n) is 3.29. The van der Waals surface area contributed by atoms with Gasteiger partial charge in [-0.05, 0) is 43.3 Å². The number of aryl methyl sites for hydroxylation is 1. The molecule has 0 aliphatic heterocycles. The van der Waals surface area contributed by atoms with E-state index in [-0.39, 0.29) is 6.61 Å². The Morgan fingerprint density at radius 2 is 1.65 bits per heavy atom. The van der Waals surface area contributed by atoms with Crippen molar-refractivity contribution in [1.82, 2.24) is 9.88 Å². The van der Waals surface area contributed by atoms with Gasteiger partial charge in [0.25, 0.3) is 11.8 Å². The molecule has 26 heavy (non-hydrogen) atoms. The molecule has 0 aliphatic rings. The minimum Gasteiger partial charge on any atom is -0.494 e. The van der Waals surface area contributed by atoms with Crippen LogP contribution in [0.25, 0.3) is 0 Å². The molecule has 8 heteroatoms. The maximum atomic E-state index is 11.8. The molecule has 0 bridgehead atoms. The normalized spacial score (nSPS) is 10.1. The number of nitrogens with zero attached hydrogens (tertiary/aromatic N) is 1. The highest BCUT2D eigenvalue weighted by molar-refractivity contribution is 6.04. The van der Waals surface area contributed by atoms with Crippen LogP contribution in [0.4, 0.5) is 0 Å². The molecular weight excluding hydrogens is 340 g/mol. The molecule has 138 valence electrons. The monoisotopic (exact) mass is 360 g/mol. The molecule has 0 radical (unpaired) electrons. The largest absolute Gasteiger partial charge is 0.494 e. The predicted octanol–water partition coefficient (Wildman–Crippen LogP) is 1.30. The van der Waals surface area contributed by atoms with E-state index in [1.165, 1.54) is 0 Å². The molecule has 1 heterocycles. The van der Waals surface area contributed by atoms with Crippen molar-refractivity contribution >= 4 is 17.8 Å². The van der Waals surface area contributed by atoms with E-state index in [0.717, 1.165) is 0 Å². The van der Waals surface area contributed by atoms with Crippen molar-refractivity contribution in [2.45, 2.75) is 6.92 Å². The number of carbonyl (C=O) groups excluding carboxylic acids is 3. The van der Waals surface area contributed by atoms with Gasteiger partial charge in [0.1, 0.15) is 17.2 Å². The standard InChI is InChI=1S/C18H20N2O6/c1-3-24-13-6-8-14(9-7-13)25-12-17(22)26-11-16(21)19-18(23)15-5-4-10-20(15)2/h4-10H,3,11-12H2,1-2H3,(H,19,21,23). The van der Waals surface area contributed by atoms with Gasteiger partial charge in [0, 0.05) is 13.2 Å². The minimum atomic E-state index is -0.722. The third kappa shape index (κ3) is 5.66. The average Bonchev–Trinajstić information content (AvgIpc) is 3.06. The summed E-state index contributed by atoms with van der Waals surface area (Å²) in [6.45, 7) is 1.51. The van der Waals surface area contributed by atoms with Crippen molar-refractivity contribution in [2.75, 3.05) is 19.8 Å². The number of aromatic nitrogens is 1. The summed E-state index contributed by atoms with van der Waals surface area (Å²) in [6.07, 6.45) is 1.68. The first-order chi connectivity index (χ1) is 12.5. The lowest BCUT2D eigenvalue weighted by molar-refractivity contribution is -0.150. The number of carbonyl (C=O) groups is 3. The topological polar surface area (TPSA) is 95.9 Å². The zero-order valence-corrected chi connectivity index (χ0v) is 14.6. The van der Waals surface area contributed by atoms with Crippen LogP contribution in [0.1, 0.15) is 17.4 Å². The van der Waals surface area contributed by atoms with Crippen LogP contribution in [0.5, 0.6) is 11.5 Å². The van der Waals surface area contributed by atoms with Crippen molar-refractivity contribution < 1.29 is 28.6 Å². The summed E-state index contributed by atoms with van der Waals surface area (Å²) in [5, 5.41) is 2.14. The van der Waals surface area contributed by atoms with Gasteiger partial charge in [0.05, 0.1) is 6.61 Å². The average molecular weight is 360 g/mol. The summed E-state index contributed by atoms with van der Waals surface area (Å²) in [5.41, 5.74) is 0.323. The fourth-order valence-corrected chi connectivity index (χ4v) is 2.05. The lowest BCUT2D eigenvalue weighted by atomic mass is 10.3. The molecule has 1 aromatic heterocycles. The first-order valence-corrected chi connectivity index (χ1v) is 7.96. The lowest BCUT2D eigenvalue weighted by Crippen LogP contribution is -2.35. The summed E-state index contributed by atoms with van der Waals surface area (Å²) in [6, 6.07) is 9.99. The highest BCUT2D eigenvalue weighted by Gasteiger charge is 2.14. The van der Waals surface area contributed by atoms with Crippen LogP contribution < -0.4 is 14.8 Å². The van der Waals surface area contributed by atoms with E-state index < -0.39 is 24.4 Å². The third-order valence-corrected chi connectivity index (χ3v) is 3.29. The van der Waals surface area contributed by atoms with Crippen LogP contribution in [0.3, 0.4) is 0 Å². The smallest absolute Gasteiger partial charge is 0.344 e. The molecule has 1 aromatic carbocycles. The Kier molecular flexibility index (Phi) is 6.78. The van der Waals surface area contributed by atoms with E-state index in [0.29, 0.717) is 23.8 Å². The molecule has 0 saturated heterocycles. The number of hydrogen-bond acceptors (Lipinski definition) is 6. The number of imide groups is 1. The number of esters is 1. The molecule has 0 aliphatic carbocycles. The highest BCUT2D eigenvalue weighted by atomic mass is 16.6. The second-order valence-electron chi connectivity index (χ2n) is 5.24. The molecule has 0 saturated carbocycles. The van der Waals surface area contributed by atoms with Gasteiger partial charge in [-0.1, -0.05) is 0 Å². The Balaban J connectivity index is 1.70. The molecule has 2 rings (SSSR count). The van der Waals surface area contributed by atoms with Crippen LogP contribution in [0, 0.1) is 0 Å². The van der Waals surface area contributed by atoms with Crippen LogP contribution in [0.15, 0.2) is 42.6 Å².